The molecule has 1 unspecified atom stereocenters. The average Bonchev–Trinajstić information content (AvgIpc) is 2.81. The Kier molecular flexibility index (Phi) is 3.83. The Bertz CT molecular complexity index is 543. The predicted molar refractivity (Wildman–Crippen MR) is 69.4 cm³/mol. The molecule has 0 saturated carbocycles. The molecule has 1 aromatic rings. The largest absolute Gasteiger partial charge is 0.442 e. The number of ether oxygens (including phenoxy) is 1. The highest BCUT2D eigenvalue weighted by atomic mass is 16.6. The second kappa shape index (κ2) is 5.55. The lowest BCUT2D eigenvalue weighted by Crippen LogP contribution is -2.37. The fraction of sp³-hybridized carbons (Fsp3) is 0.333. The lowest BCUT2D eigenvalue weighted by Gasteiger charge is -2.23. The van der Waals surface area contributed by atoms with E-state index in [9.17, 15) is 19.7 Å². The van der Waals surface area contributed by atoms with Gasteiger partial charge >= 0.3 is 6.09 Å². The van der Waals surface area contributed by atoms with Crippen molar-refractivity contribution < 1.29 is 19.2 Å². The molecule has 0 radical (unpaired) electrons. The van der Waals surface area contributed by atoms with Gasteiger partial charge in [0.15, 0.2) is 0 Å². The van der Waals surface area contributed by atoms with E-state index in [1.165, 1.54) is 36.1 Å². The van der Waals surface area contributed by atoms with E-state index in [-0.39, 0.29) is 18.1 Å². The number of nitro benzene ring substituents is 1. The highest BCUT2D eigenvalue weighted by molar-refractivity contribution is 5.91. The minimum Gasteiger partial charge on any atom is -0.442 e. The van der Waals surface area contributed by atoms with E-state index >= 15 is 0 Å². The Balaban J connectivity index is 2.13. The fourth-order valence-corrected chi connectivity index (χ4v) is 1.91. The molecule has 1 saturated heterocycles. The monoisotopic (exact) mass is 279 g/mol. The van der Waals surface area contributed by atoms with E-state index in [4.69, 9.17) is 4.74 Å². The molecule has 0 aliphatic carbocycles. The van der Waals surface area contributed by atoms with Gasteiger partial charge in [0.05, 0.1) is 18.0 Å². The van der Waals surface area contributed by atoms with Crippen molar-refractivity contribution in [3.8, 4) is 0 Å². The van der Waals surface area contributed by atoms with Crippen LogP contribution in [0.25, 0.3) is 0 Å². The third kappa shape index (κ3) is 3.02. The zero-order valence-electron chi connectivity index (χ0n) is 10.7. The third-order valence-electron chi connectivity index (χ3n) is 2.89. The van der Waals surface area contributed by atoms with Gasteiger partial charge in [0.25, 0.3) is 5.69 Å². The smallest absolute Gasteiger partial charge is 0.407 e. The van der Waals surface area contributed by atoms with E-state index < -0.39 is 17.1 Å². The van der Waals surface area contributed by atoms with Gasteiger partial charge in [-0.2, -0.15) is 0 Å². The minimum atomic E-state index is -0.512. The van der Waals surface area contributed by atoms with Crippen molar-refractivity contribution in [3.05, 3.63) is 34.4 Å². The molecule has 0 bridgehead atoms. The van der Waals surface area contributed by atoms with Crippen molar-refractivity contribution >= 4 is 23.4 Å². The summed E-state index contributed by atoms with van der Waals surface area (Å²) in [6.07, 6.45) is -0.941. The molecule has 8 heteroatoms. The third-order valence-corrected chi connectivity index (χ3v) is 2.89. The van der Waals surface area contributed by atoms with Gasteiger partial charge in [-0.25, -0.2) is 4.79 Å². The van der Waals surface area contributed by atoms with Gasteiger partial charge in [0, 0.05) is 24.7 Å². The van der Waals surface area contributed by atoms with Crippen LogP contribution in [0, 0.1) is 10.1 Å². The van der Waals surface area contributed by atoms with E-state index in [2.05, 4.69) is 5.32 Å². The van der Waals surface area contributed by atoms with Gasteiger partial charge in [0.2, 0.25) is 5.91 Å². The standard InChI is InChI=1S/C12H13N3O5/c1-8(16)14(7-11-6-13-12(17)20-11)9-2-4-10(5-3-9)15(18)19/h2-5,11H,6-7H2,1H3,(H,13,17). The Morgan fingerprint density at radius 1 is 1.50 bits per heavy atom. The Morgan fingerprint density at radius 3 is 2.60 bits per heavy atom. The molecule has 1 aromatic carbocycles. The van der Waals surface area contributed by atoms with E-state index in [1.54, 1.807) is 0 Å². The molecule has 1 atom stereocenters. The topological polar surface area (TPSA) is 102 Å². The average molecular weight is 279 g/mol. The SMILES string of the molecule is CC(=O)N(CC1CNC(=O)O1)c1ccc([N+](=O)[O-])cc1. The molecule has 1 fully saturated rings. The zero-order valence-corrected chi connectivity index (χ0v) is 10.7. The molecule has 106 valence electrons. The Morgan fingerprint density at radius 2 is 2.15 bits per heavy atom. The maximum Gasteiger partial charge on any atom is 0.407 e. The summed E-state index contributed by atoms with van der Waals surface area (Å²) in [7, 11) is 0. The number of nitrogens with zero attached hydrogens (tertiary/aromatic N) is 2. The normalized spacial score (nSPS) is 17.2. The van der Waals surface area contributed by atoms with Crippen LogP contribution in [0.1, 0.15) is 6.92 Å². The number of nitrogens with one attached hydrogen (secondary N) is 1. The van der Waals surface area contributed by atoms with Crippen molar-refractivity contribution in [2.45, 2.75) is 13.0 Å². The van der Waals surface area contributed by atoms with Crippen LogP contribution in [0.5, 0.6) is 0 Å². The van der Waals surface area contributed by atoms with Crippen LogP contribution in [-0.4, -0.2) is 36.1 Å². The lowest BCUT2D eigenvalue weighted by atomic mass is 10.2. The summed E-state index contributed by atoms with van der Waals surface area (Å²) in [5.74, 6) is -0.234. The van der Waals surface area contributed by atoms with Crippen LogP contribution >= 0.6 is 0 Å². The van der Waals surface area contributed by atoms with Gasteiger partial charge in [-0.15, -0.1) is 0 Å². The first-order valence-corrected chi connectivity index (χ1v) is 5.94. The van der Waals surface area contributed by atoms with Crippen molar-refractivity contribution in [1.82, 2.24) is 5.32 Å². The number of carbonyl (C=O) groups is 2. The predicted octanol–water partition coefficient (Wildman–Crippen LogP) is 1.06. The number of anilines is 1. The van der Waals surface area contributed by atoms with E-state index in [1.807, 2.05) is 0 Å². The first-order valence-electron chi connectivity index (χ1n) is 5.94. The Hall–Kier alpha value is -2.64. The van der Waals surface area contributed by atoms with E-state index in [0.29, 0.717) is 12.2 Å². The van der Waals surface area contributed by atoms with Gasteiger partial charge in [-0.1, -0.05) is 0 Å². The van der Waals surface area contributed by atoms with Gasteiger partial charge in [0.1, 0.15) is 6.10 Å². The quantitative estimate of drug-likeness (QED) is 0.655. The number of non-ortho nitro benzene ring substituents is 1. The summed E-state index contributed by atoms with van der Waals surface area (Å²) in [6.45, 7) is 1.91. The van der Waals surface area contributed by atoms with Gasteiger partial charge < -0.3 is 15.0 Å². The van der Waals surface area contributed by atoms with Crippen LogP contribution < -0.4 is 10.2 Å². The number of alkyl carbamates (subject to hydrolysis) is 1. The molecular formula is C12H13N3O5. The molecule has 0 spiro atoms. The van der Waals surface area contributed by atoms with Crippen LogP contribution in [0.2, 0.25) is 0 Å². The number of hydrogen-bond donors (Lipinski definition) is 1. The minimum absolute atomic E-state index is 0.0498. The first kappa shape index (κ1) is 13.8. The summed E-state index contributed by atoms with van der Waals surface area (Å²) < 4.78 is 4.97. The summed E-state index contributed by atoms with van der Waals surface area (Å²) in [6, 6.07) is 5.63. The second-order valence-corrected chi connectivity index (χ2v) is 4.31. The molecule has 2 rings (SSSR count). The van der Waals surface area contributed by atoms with Crippen LogP contribution in [-0.2, 0) is 9.53 Å². The number of carbonyl (C=O) groups excluding carboxylic acids is 2. The number of amides is 2. The highest BCUT2D eigenvalue weighted by Gasteiger charge is 2.26. The molecule has 1 N–H and O–H groups in total. The highest BCUT2D eigenvalue weighted by Crippen LogP contribution is 2.20. The van der Waals surface area contributed by atoms with Crippen molar-refractivity contribution in [1.29, 1.82) is 0 Å². The number of hydrogen-bond acceptors (Lipinski definition) is 5. The molecular weight excluding hydrogens is 266 g/mol. The van der Waals surface area contributed by atoms with Crippen molar-refractivity contribution in [2.75, 3.05) is 18.0 Å². The van der Waals surface area contributed by atoms with Crippen molar-refractivity contribution in [2.24, 2.45) is 0 Å². The molecule has 20 heavy (non-hydrogen) atoms. The summed E-state index contributed by atoms with van der Waals surface area (Å²) in [4.78, 5) is 34.1. The summed E-state index contributed by atoms with van der Waals surface area (Å²) >= 11 is 0. The molecule has 2 amide bonds. The van der Waals surface area contributed by atoms with Gasteiger partial charge in [-0.3, -0.25) is 14.9 Å². The molecule has 1 heterocycles. The molecule has 1 aliphatic heterocycles. The zero-order chi connectivity index (χ0) is 14.7. The molecule has 0 aromatic heterocycles. The van der Waals surface area contributed by atoms with Gasteiger partial charge in [-0.05, 0) is 12.1 Å². The van der Waals surface area contributed by atoms with Crippen molar-refractivity contribution in [3.63, 3.8) is 0 Å². The van der Waals surface area contributed by atoms with Crippen LogP contribution in [0.4, 0.5) is 16.2 Å². The number of benzene rings is 1. The maximum absolute atomic E-state index is 11.7. The number of rotatable bonds is 4. The lowest BCUT2D eigenvalue weighted by molar-refractivity contribution is -0.384. The molecule has 1 aliphatic rings. The number of nitro groups is 1. The summed E-state index contributed by atoms with van der Waals surface area (Å²) in [5, 5.41) is 13.1. The van der Waals surface area contributed by atoms with E-state index in [0.717, 1.165) is 0 Å². The Labute approximate surface area is 114 Å². The van der Waals surface area contributed by atoms with Crippen LogP contribution in [0.15, 0.2) is 24.3 Å². The maximum atomic E-state index is 11.7. The molecule has 8 nitrogen and oxygen atoms in total. The second-order valence-electron chi connectivity index (χ2n) is 4.31. The number of cyclic esters (lactones) is 1. The van der Waals surface area contributed by atoms with Crippen LogP contribution in [0.3, 0.4) is 0 Å². The fourth-order valence-electron chi connectivity index (χ4n) is 1.91. The summed E-state index contributed by atoms with van der Waals surface area (Å²) in [5.41, 5.74) is 0.470. The first-order chi connectivity index (χ1) is 9.47.